The molecule has 6 heteroatoms. The molecule has 0 amide bonds. The molecule has 2 aromatic carbocycles. The predicted molar refractivity (Wildman–Crippen MR) is 148 cm³/mol. The zero-order valence-corrected chi connectivity index (χ0v) is 23.0. The van der Waals surface area contributed by atoms with Gasteiger partial charge in [-0.05, 0) is 42.2 Å². The number of benzene rings is 2. The smallest absolute Gasteiger partial charge is 0.194 e. The number of thioether (sulfide) groups is 2. The summed E-state index contributed by atoms with van der Waals surface area (Å²) in [6.07, 6.45) is 0.674. The summed E-state index contributed by atoms with van der Waals surface area (Å²) in [5.74, 6) is 0.388. The molecule has 2 aromatic rings. The van der Waals surface area contributed by atoms with Gasteiger partial charge in [0.15, 0.2) is 10.2 Å². The largest absolute Gasteiger partial charge is 0.497 e. The molecule has 4 atom stereocenters. The van der Waals surface area contributed by atoms with Crippen LogP contribution in [-0.2, 0) is 9.59 Å². The van der Waals surface area contributed by atoms with Crippen LogP contribution in [0.3, 0.4) is 0 Å². The molecule has 0 heterocycles. The van der Waals surface area contributed by atoms with Crippen LogP contribution in [0.1, 0.15) is 59.4 Å². The van der Waals surface area contributed by atoms with Crippen molar-refractivity contribution in [3.8, 4) is 5.75 Å². The van der Waals surface area contributed by atoms with Crippen molar-refractivity contribution in [2.75, 3.05) is 12.4 Å². The lowest BCUT2D eigenvalue weighted by molar-refractivity contribution is -0.114. The third kappa shape index (κ3) is 8.70. The number of ether oxygens (including phenoxy) is 1. The van der Waals surface area contributed by atoms with Crippen molar-refractivity contribution in [3.63, 3.8) is 0 Å². The van der Waals surface area contributed by atoms with Crippen molar-refractivity contribution in [2.45, 2.75) is 70.4 Å². The first-order valence-corrected chi connectivity index (χ1v) is 13.7. The Morgan fingerprint density at radius 2 is 1.32 bits per heavy atom. The maximum absolute atomic E-state index is 13.1. The Morgan fingerprint density at radius 1 is 0.794 bits per heavy atom. The van der Waals surface area contributed by atoms with E-state index in [-0.39, 0.29) is 44.5 Å². The topological polar surface area (TPSA) is 55.4 Å². The predicted octanol–water partition coefficient (Wildman–Crippen LogP) is 7.26. The van der Waals surface area contributed by atoms with E-state index in [0.29, 0.717) is 6.42 Å². The van der Waals surface area contributed by atoms with Gasteiger partial charge in [0.25, 0.3) is 0 Å². The Balaban J connectivity index is 2.38. The number of nitrogens with one attached hydrogen (secondary N) is 1. The Bertz CT molecular complexity index is 900. The van der Waals surface area contributed by atoms with Gasteiger partial charge >= 0.3 is 0 Å². The molecular weight excluding hydrogens is 462 g/mol. The molecule has 0 aliphatic carbocycles. The maximum atomic E-state index is 13.1. The Hall–Kier alpha value is -1.92. The summed E-state index contributed by atoms with van der Waals surface area (Å²) in [7, 11) is 1.65. The van der Waals surface area contributed by atoms with Gasteiger partial charge in [0.05, 0.1) is 7.11 Å². The Kier molecular flexibility index (Phi) is 11.5. The second-order valence-corrected chi connectivity index (χ2v) is 12.4. The summed E-state index contributed by atoms with van der Waals surface area (Å²) >= 11 is 2.78. The number of rotatable bonds is 12. The highest BCUT2D eigenvalue weighted by atomic mass is 32.2. The molecule has 0 aliphatic heterocycles. The number of methoxy groups -OCH3 is 1. The minimum absolute atomic E-state index is 0.00463. The van der Waals surface area contributed by atoms with Gasteiger partial charge in [-0.15, -0.1) is 0 Å². The van der Waals surface area contributed by atoms with Crippen molar-refractivity contribution >= 4 is 39.4 Å². The lowest BCUT2D eigenvalue weighted by Crippen LogP contribution is -2.35. The van der Waals surface area contributed by atoms with E-state index in [9.17, 15) is 9.59 Å². The van der Waals surface area contributed by atoms with Gasteiger partial charge in [0, 0.05) is 34.1 Å². The minimum Gasteiger partial charge on any atom is -0.497 e. The second-order valence-electron chi connectivity index (χ2n) is 9.28. The van der Waals surface area contributed by atoms with Crippen molar-refractivity contribution in [2.24, 2.45) is 11.8 Å². The second kappa shape index (κ2) is 13.8. The Labute approximate surface area is 214 Å². The quantitative estimate of drug-likeness (QED) is 0.330. The van der Waals surface area contributed by atoms with Gasteiger partial charge in [-0.25, -0.2) is 0 Å². The normalized spacial score (nSPS) is 15.0. The molecule has 0 saturated carbocycles. The standard InChI is InChI=1S/C28H39NO3S2/c1-18(2)33-27(30)20(5)25(22-11-9-8-10-12-22)17-26(21(6)28(31)34-19(3)4)29-23-13-15-24(32-7)16-14-23/h8-16,18-21,25-26,29H,17H2,1-7H3. The molecular formula is C28H39NO3S2. The third-order valence-corrected chi connectivity index (χ3v) is 7.98. The van der Waals surface area contributed by atoms with E-state index in [0.717, 1.165) is 17.0 Å². The molecule has 0 spiro atoms. The zero-order valence-electron chi connectivity index (χ0n) is 21.4. The molecule has 0 fully saturated rings. The fourth-order valence-electron chi connectivity index (χ4n) is 3.90. The average molecular weight is 502 g/mol. The third-order valence-electron chi connectivity index (χ3n) is 5.83. The molecule has 0 radical (unpaired) electrons. The number of anilines is 1. The van der Waals surface area contributed by atoms with E-state index in [2.05, 4.69) is 17.4 Å². The van der Waals surface area contributed by atoms with E-state index in [4.69, 9.17) is 4.74 Å². The van der Waals surface area contributed by atoms with Gasteiger partial charge in [-0.2, -0.15) is 0 Å². The van der Waals surface area contributed by atoms with Gasteiger partial charge in [-0.3, -0.25) is 9.59 Å². The van der Waals surface area contributed by atoms with E-state index in [1.54, 1.807) is 7.11 Å². The van der Waals surface area contributed by atoms with Crippen LogP contribution >= 0.6 is 23.5 Å². The molecule has 0 saturated heterocycles. The molecule has 2 rings (SSSR count). The van der Waals surface area contributed by atoms with Gasteiger partial charge in [-0.1, -0.05) is 95.4 Å². The lowest BCUT2D eigenvalue weighted by Gasteiger charge is -2.32. The van der Waals surface area contributed by atoms with Gasteiger partial charge < -0.3 is 10.1 Å². The van der Waals surface area contributed by atoms with Crippen LogP contribution in [-0.4, -0.2) is 33.9 Å². The summed E-state index contributed by atoms with van der Waals surface area (Å²) < 4.78 is 5.29. The maximum Gasteiger partial charge on any atom is 0.194 e. The highest BCUT2D eigenvalue weighted by Crippen LogP contribution is 2.36. The summed E-state index contributed by atoms with van der Waals surface area (Å²) in [5, 5.41) is 4.44. The summed E-state index contributed by atoms with van der Waals surface area (Å²) in [6, 6.07) is 17.9. The fraction of sp³-hybridized carbons (Fsp3) is 0.500. The monoisotopic (exact) mass is 501 g/mol. The highest BCUT2D eigenvalue weighted by Gasteiger charge is 2.33. The number of carbonyl (C=O) groups is 2. The van der Waals surface area contributed by atoms with Crippen LogP contribution in [0.5, 0.6) is 5.75 Å². The first-order chi connectivity index (χ1) is 16.1. The number of carbonyl (C=O) groups excluding carboxylic acids is 2. The molecule has 1 N–H and O–H groups in total. The van der Waals surface area contributed by atoms with E-state index >= 15 is 0 Å². The number of hydrogen-bond acceptors (Lipinski definition) is 6. The lowest BCUT2D eigenvalue weighted by atomic mass is 9.80. The molecule has 4 unspecified atom stereocenters. The van der Waals surface area contributed by atoms with E-state index < -0.39 is 0 Å². The SMILES string of the molecule is COc1ccc(NC(CC(c2ccccc2)C(C)C(=O)SC(C)C)C(C)C(=O)SC(C)C)cc1. The van der Waals surface area contributed by atoms with Crippen LogP contribution in [0.15, 0.2) is 54.6 Å². The summed E-state index contributed by atoms with van der Waals surface area (Å²) in [5.41, 5.74) is 2.06. The Morgan fingerprint density at radius 3 is 1.82 bits per heavy atom. The van der Waals surface area contributed by atoms with E-state index in [1.807, 2.05) is 84.0 Å². The molecule has 34 heavy (non-hydrogen) atoms. The van der Waals surface area contributed by atoms with Crippen LogP contribution in [0.4, 0.5) is 5.69 Å². The van der Waals surface area contributed by atoms with E-state index in [1.165, 1.54) is 23.5 Å². The number of hydrogen-bond donors (Lipinski definition) is 1. The van der Waals surface area contributed by atoms with Crippen LogP contribution in [0.2, 0.25) is 0 Å². The molecule has 0 aliphatic rings. The molecule has 4 nitrogen and oxygen atoms in total. The highest BCUT2D eigenvalue weighted by molar-refractivity contribution is 8.14. The van der Waals surface area contributed by atoms with Crippen LogP contribution in [0, 0.1) is 11.8 Å². The van der Waals surface area contributed by atoms with Crippen molar-refractivity contribution in [1.29, 1.82) is 0 Å². The zero-order chi connectivity index (χ0) is 25.3. The minimum atomic E-state index is -0.222. The van der Waals surface area contributed by atoms with Crippen molar-refractivity contribution < 1.29 is 14.3 Å². The first-order valence-electron chi connectivity index (χ1n) is 12.0. The average Bonchev–Trinajstić information content (AvgIpc) is 2.80. The van der Waals surface area contributed by atoms with Crippen molar-refractivity contribution in [1.82, 2.24) is 0 Å². The van der Waals surface area contributed by atoms with Gasteiger partial charge in [0.1, 0.15) is 5.75 Å². The molecule has 0 bridgehead atoms. The van der Waals surface area contributed by atoms with Crippen molar-refractivity contribution in [3.05, 3.63) is 60.2 Å². The van der Waals surface area contributed by atoms with Crippen LogP contribution in [0.25, 0.3) is 0 Å². The van der Waals surface area contributed by atoms with Gasteiger partial charge in [0.2, 0.25) is 0 Å². The molecule has 0 aromatic heterocycles. The summed E-state index contributed by atoms with van der Waals surface area (Å²) in [4.78, 5) is 26.2. The summed E-state index contributed by atoms with van der Waals surface area (Å²) in [6.45, 7) is 12.2. The van der Waals surface area contributed by atoms with Crippen LogP contribution < -0.4 is 10.1 Å². The first kappa shape index (κ1) is 28.3. The fourth-order valence-corrected chi connectivity index (χ4v) is 5.59. The molecule has 186 valence electrons.